The monoisotopic (exact) mass is 538 g/mol. The Kier molecular flexibility index (Phi) is 7.65. The summed E-state index contributed by atoms with van der Waals surface area (Å²) in [6.07, 6.45) is 5.54. The molecule has 1 aliphatic heterocycles. The largest absolute Gasteiger partial charge is 0.494 e. The van der Waals surface area contributed by atoms with Crippen LogP contribution in [0.15, 0.2) is 37.1 Å². The summed E-state index contributed by atoms with van der Waals surface area (Å²) in [5.74, 6) is -0.467. The van der Waals surface area contributed by atoms with Crippen LogP contribution in [0.1, 0.15) is 26.2 Å². The molecular weight excluding hydrogens is 506 g/mol. The molecular formula is C29H32F2N4O4. The van der Waals surface area contributed by atoms with Crippen LogP contribution in [-0.4, -0.2) is 55.3 Å². The molecule has 3 aromatic rings. The zero-order valence-electron chi connectivity index (χ0n) is 22.2. The lowest BCUT2D eigenvalue weighted by Crippen LogP contribution is -2.29. The second-order valence-electron chi connectivity index (χ2n) is 10.1. The van der Waals surface area contributed by atoms with Crippen molar-refractivity contribution in [2.24, 2.45) is 11.8 Å². The molecule has 2 aliphatic rings. The minimum atomic E-state index is -0.864. The van der Waals surface area contributed by atoms with Crippen molar-refractivity contribution in [3.05, 3.63) is 48.7 Å². The van der Waals surface area contributed by atoms with Crippen molar-refractivity contribution < 1.29 is 27.8 Å². The molecule has 2 aromatic heterocycles. The van der Waals surface area contributed by atoms with Gasteiger partial charge in [-0.3, -0.25) is 4.79 Å². The molecule has 2 fully saturated rings. The molecule has 10 heteroatoms. The van der Waals surface area contributed by atoms with Gasteiger partial charge in [-0.25, -0.2) is 18.7 Å². The number of aromatic nitrogens is 2. The van der Waals surface area contributed by atoms with Crippen molar-refractivity contribution >= 4 is 28.2 Å². The Morgan fingerprint density at radius 3 is 2.54 bits per heavy atom. The van der Waals surface area contributed by atoms with E-state index in [4.69, 9.17) is 19.2 Å². The van der Waals surface area contributed by atoms with Crippen molar-refractivity contribution in [3.8, 4) is 22.8 Å². The third kappa shape index (κ3) is 5.52. The maximum atomic E-state index is 15.4. The summed E-state index contributed by atoms with van der Waals surface area (Å²) in [6.45, 7) is 6.56. The van der Waals surface area contributed by atoms with E-state index in [1.165, 1.54) is 26.4 Å². The second-order valence-corrected chi connectivity index (χ2v) is 10.1. The molecule has 0 amide bonds. The predicted octanol–water partition coefficient (Wildman–Crippen LogP) is 5.37. The first-order valence-corrected chi connectivity index (χ1v) is 13.0. The minimum Gasteiger partial charge on any atom is -0.494 e. The second kappa shape index (κ2) is 11.1. The van der Waals surface area contributed by atoms with Crippen LogP contribution >= 0.6 is 0 Å². The minimum absolute atomic E-state index is 0.00465. The summed E-state index contributed by atoms with van der Waals surface area (Å²) in [5.41, 5.74) is -0.245. The van der Waals surface area contributed by atoms with E-state index < -0.39 is 11.6 Å². The van der Waals surface area contributed by atoms with Crippen molar-refractivity contribution in [2.75, 3.05) is 38.1 Å². The Bertz CT molecular complexity index is 1380. The quantitative estimate of drug-likeness (QED) is 0.315. The summed E-state index contributed by atoms with van der Waals surface area (Å²) in [4.78, 5) is 21.2. The number of hydrogen-bond acceptors (Lipinski definition) is 8. The van der Waals surface area contributed by atoms with Gasteiger partial charge in [-0.15, -0.1) is 0 Å². The molecule has 3 heterocycles. The van der Waals surface area contributed by atoms with Gasteiger partial charge in [0.2, 0.25) is 0 Å². The summed E-state index contributed by atoms with van der Waals surface area (Å²) < 4.78 is 46.6. The highest BCUT2D eigenvalue weighted by molar-refractivity contribution is 5.96. The number of benzene rings is 1. The molecule has 206 valence electrons. The van der Waals surface area contributed by atoms with E-state index in [0.29, 0.717) is 42.6 Å². The van der Waals surface area contributed by atoms with Crippen LogP contribution in [0.25, 0.3) is 22.0 Å². The van der Waals surface area contributed by atoms with Crippen molar-refractivity contribution in [3.63, 3.8) is 0 Å². The number of allylic oxidation sites excluding steroid dienone is 1. The van der Waals surface area contributed by atoms with Crippen molar-refractivity contribution in [1.29, 1.82) is 0 Å². The van der Waals surface area contributed by atoms with E-state index in [2.05, 4.69) is 29.1 Å². The van der Waals surface area contributed by atoms with Crippen LogP contribution in [0.3, 0.4) is 0 Å². The highest BCUT2D eigenvalue weighted by Crippen LogP contribution is 2.40. The van der Waals surface area contributed by atoms with Gasteiger partial charge in [0.25, 0.3) is 0 Å². The Morgan fingerprint density at radius 2 is 1.90 bits per heavy atom. The summed E-state index contributed by atoms with van der Waals surface area (Å²) in [5, 5.41) is 8.25. The molecule has 39 heavy (non-hydrogen) atoms. The average molecular weight is 539 g/mol. The number of halogens is 2. The summed E-state index contributed by atoms with van der Waals surface area (Å²) in [6, 6.07) is 4.65. The molecule has 0 spiro atoms. The Morgan fingerprint density at radius 1 is 1.18 bits per heavy atom. The Labute approximate surface area is 225 Å². The number of ether oxygens (including phenoxy) is 3. The molecule has 0 unspecified atom stereocenters. The summed E-state index contributed by atoms with van der Waals surface area (Å²) >= 11 is 0. The predicted molar refractivity (Wildman–Crippen MR) is 145 cm³/mol. The van der Waals surface area contributed by atoms with Gasteiger partial charge >= 0.3 is 0 Å². The van der Waals surface area contributed by atoms with Gasteiger partial charge in [0, 0.05) is 41.4 Å². The van der Waals surface area contributed by atoms with Crippen LogP contribution in [0.4, 0.5) is 20.4 Å². The Hall–Kier alpha value is -3.79. The van der Waals surface area contributed by atoms with Gasteiger partial charge in [0.05, 0.1) is 44.7 Å². The molecule has 1 aliphatic carbocycles. The van der Waals surface area contributed by atoms with Crippen molar-refractivity contribution in [2.45, 2.75) is 38.3 Å². The Balaban J connectivity index is 1.56. The van der Waals surface area contributed by atoms with E-state index in [1.807, 2.05) is 6.07 Å². The number of methoxy groups -OCH3 is 2. The number of ketones is 1. The van der Waals surface area contributed by atoms with E-state index in [0.717, 1.165) is 18.2 Å². The molecule has 2 N–H and O–H groups in total. The number of pyridine rings is 2. The fourth-order valence-electron chi connectivity index (χ4n) is 4.99. The molecule has 1 aromatic carbocycles. The fraction of sp³-hybridized carbons (Fsp3) is 0.414. The number of fused-ring (bicyclic) bond motifs is 1. The zero-order valence-corrected chi connectivity index (χ0v) is 22.2. The molecule has 1 saturated carbocycles. The van der Waals surface area contributed by atoms with Gasteiger partial charge in [-0.1, -0.05) is 6.58 Å². The van der Waals surface area contributed by atoms with Gasteiger partial charge < -0.3 is 24.8 Å². The topological polar surface area (TPSA) is 94.6 Å². The van der Waals surface area contributed by atoms with Crippen LogP contribution < -0.4 is 20.1 Å². The SMILES string of the molecule is C=CC(=O)C[C@H]1COC[C@H]1Nc1cc2c(N[C@@H](C)C3CC3)nc(-c3c(F)c(OC)cc(OC)c3F)cc2cn1. The number of nitrogens with zero attached hydrogens (tertiary/aromatic N) is 2. The maximum absolute atomic E-state index is 15.4. The molecule has 1 saturated heterocycles. The lowest BCUT2D eigenvalue weighted by atomic mass is 9.97. The van der Waals surface area contributed by atoms with E-state index >= 15 is 8.78 Å². The number of rotatable bonds is 11. The maximum Gasteiger partial charge on any atom is 0.177 e. The standard InChI is InChI=1S/C29H32F2N4O4/c1-5-19(36)8-18-13-39-14-22(18)34-25-10-20-17(12-32-25)9-21(35-29(20)33-15(2)16-6-7-16)26-27(30)23(37-3)11-24(38-4)28(26)31/h5,9-12,15-16,18,22H,1,6-8,13-14H2,2-4H3,(H,32,34)(H,33,35)/t15-,18-,22+/m0/s1. The van der Waals surface area contributed by atoms with Crippen LogP contribution in [0.2, 0.25) is 0 Å². The number of nitrogens with one attached hydrogen (secondary N) is 2. The average Bonchev–Trinajstić information content (AvgIpc) is 3.70. The first-order chi connectivity index (χ1) is 18.8. The number of hydrogen-bond donors (Lipinski definition) is 2. The number of anilines is 2. The molecule has 8 nitrogen and oxygen atoms in total. The summed E-state index contributed by atoms with van der Waals surface area (Å²) in [7, 11) is 2.62. The van der Waals surface area contributed by atoms with Crippen LogP contribution in [0, 0.1) is 23.5 Å². The van der Waals surface area contributed by atoms with E-state index in [9.17, 15) is 4.79 Å². The van der Waals surface area contributed by atoms with Gasteiger partial charge in [-0.2, -0.15) is 0 Å². The highest BCUT2D eigenvalue weighted by Gasteiger charge is 2.31. The van der Waals surface area contributed by atoms with Crippen LogP contribution in [0.5, 0.6) is 11.5 Å². The molecule has 3 atom stereocenters. The van der Waals surface area contributed by atoms with E-state index in [-0.39, 0.29) is 46.5 Å². The van der Waals surface area contributed by atoms with Crippen molar-refractivity contribution in [1.82, 2.24) is 9.97 Å². The first kappa shape index (κ1) is 26.8. The van der Waals surface area contributed by atoms with Gasteiger partial charge in [0.1, 0.15) is 11.6 Å². The molecule has 0 radical (unpaired) electrons. The zero-order chi connectivity index (χ0) is 27.7. The van der Waals surface area contributed by atoms with Gasteiger partial charge in [0.15, 0.2) is 28.9 Å². The van der Waals surface area contributed by atoms with Crippen LogP contribution in [-0.2, 0) is 9.53 Å². The smallest absolute Gasteiger partial charge is 0.177 e. The third-order valence-corrected chi connectivity index (χ3v) is 7.46. The highest BCUT2D eigenvalue weighted by atomic mass is 19.1. The lowest BCUT2D eigenvalue weighted by Gasteiger charge is -2.20. The number of carbonyl (C=O) groups is 1. The molecule has 0 bridgehead atoms. The fourth-order valence-corrected chi connectivity index (χ4v) is 4.99. The van der Waals surface area contributed by atoms with Gasteiger partial charge in [-0.05, 0) is 43.9 Å². The van der Waals surface area contributed by atoms with E-state index in [1.54, 1.807) is 12.3 Å². The number of carbonyl (C=O) groups excluding carboxylic acids is 1. The lowest BCUT2D eigenvalue weighted by molar-refractivity contribution is -0.115. The third-order valence-electron chi connectivity index (χ3n) is 7.46. The first-order valence-electron chi connectivity index (χ1n) is 13.0. The normalized spacial score (nSPS) is 19.5. The molecule has 5 rings (SSSR count).